The average molecular weight is 355 g/mol. The minimum Gasteiger partial charge on any atom is -0.377 e. The van der Waals surface area contributed by atoms with Gasteiger partial charge in [0.1, 0.15) is 0 Å². The van der Waals surface area contributed by atoms with E-state index in [1.54, 1.807) is 0 Å². The molecule has 1 aromatic carbocycles. The Morgan fingerprint density at radius 1 is 1.48 bits per heavy atom. The molecule has 0 spiro atoms. The van der Waals surface area contributed by atoms with Gasteiger partial charge in [-0.1, -0.05) is 28.9 Å². The maximum atomic E-state index is 5.69. The van der Waals surface area contributed by atoms with Crippen LogP contribution in [0.1, 0.15) is 45.2 Å². The van der Waals surface area contributed by atoms with Gasteiger partial charge in [0.2, 0.25) is 0 Å². The van der Waals surface area contributed by atoms with Crippen LogP contribution in [0.5, 0.6) is 0 Å². The van der Waals surface area contributed by atoms with Crippen LogP contribution in [0.25, 0.3) is 0 Å². The van der Waals surface area contributed by atoms with E-state index in [2.05, 4.69) is 65.1 Å². The van der Waals surface area contributed by atoms with Gasteiger partial charge in [0, 0.05) is 36.4 Å². The molecule has 1 aliphatic rings. The monoisotopic (exact) mass is 354 g/mol. The zero-order valence-corrected chi connectivity index (χ0v) is 15.2. The van der Waals surface area contributed by atoms with Crippen LogP contribution in [0.15, 0.2) is 22.7 Å². The molecule has 21 heavy (non-hydrogen) atoms. The molecule has 0 aromatic heterocycles. The van der Waals surface area contributed by atoms with Crippen LogP contribution in [0.4, 0.5) is 5.69 Å². The zero-order valence-electron chi connectivity index (χ0n) is 13.6. The van der Waals surface area contributed by atoms with Gasteiger partial charge < -0.3 is 15.0 Å². The van der Waals surface area contributed by atoms with E-state index in [9.17, 15) is 0 Å². The second-order valence-electron chi connectivity index (χ2n) is 6.16. The lowest BCUT2D eigenvalue weighted by Gasteiger charge is -2.40. The maximum absolute atomic E-state index is 5.69. The SMILES string of the molecule is CCNC(C)c1ccc(N2CCCC(C)(OC)C2)cc1Br. The molecule has 3 nitrogen and oxygen atoms in total. The Hall–Kier alpha value is -0.580. The number of piperidine rings is 1. The van der Waals surface area contributed by atoms with Crippen LogP contribution in [-0.4, -0.2) is 32.3 Å². The number of hydrogen-bond acceptors (Lipinski definition) is 3. The topological polar surface area (TPSA) is 24.5 Å². The Balaban J connectivity index is 2.16. The molecule has 4 heteroatoms. The van der Waals surface area contributed by atoms with Gasteiger partial charge in [0.25, 0.3) is 0 Å². The van der Waals surface area contributed by atoms with E-state index in [0.29, 0.717) is 6.04 Å². The number of nitrogens with zero attached hydrogens (tertiary/aromatic N) is 1. The smallest absolute Gasteiger partial charge is 0.0825 e. The summed E-state index contributed by atoms with van der Waals surface area (Å²) in [4.78, 5) is 2.43. The first-order chi connectivity index (χ1) is 9.99. The van der Waals surface area contributed by atoms with Gasteiger partial charge in [-0.25, -0.2) is 0 Å². The molecule has 0 aliphatic carbocycles. The molecule has 2 atom stereocenters. The second kappa shape index (κ2) is 7.12. The summed E-state index contributed by atoms with van der Waals surface area (Å²) in [5.41, 5.74) is 2.56. The number of hydrogen-bond donors (Lipinski definition) is 1. The number of rotatable bonds is 5. The van der Waals surface area contributed by atoms with E-state index < -0.39 is 0 Å². The van der Waals surface area contributed by atoms with Gasteiger partial charge in [-0.15, -0.1) is 0 Å². The third kappa shape index (κ3) is 3.99. The predicted octanol–water partition coefficient (Wildman–Crippen LogP) is 4.12. The summed E-state index contributed by atoms with van der Waals surface area (Å²) in [5, 5.41) is 3.46. The lowest BCUT2D eigenvalue weighted by molar-refractivity contribution is -0.00465. The molecule has 0 radical (unpaired) electrons. The van der Waals surface area contributed by atoms with Crippen molar-refractivity contribution >= 4 is 21.6 Å². The highest BCUT2D eigenvalue weighted by molar-refractivity contribution is 9.10. The highest BCUT2D eigenvalue weighted by atomic mass is 79.9. The summed E-state index contributed by atoms with van der Waals surface area (Å²) in [6.07, 6.45) is 2.31. The molecule has 1 fully saturated rings. The number of nitrogens with one attached hydrogen (secondary N) is 1. The molecule has 1 saturated heterocycles. The highest BCUT2D eigenvalue weighted by Gasteiger charge is 2.31. The molecule has 1 aromatic rings. The van der Waals surface area contributed by atoms with Gasteiger partial charge in [0.05, 0.1) is 5.60 Å². The van der Waals surface area contributed by atoms with E-state index in [1.165, 1.54) is 22.1 Å². The average Bonchev–Trinajstić information content (AvgIpc) is 2.47. The molecule has 0 saturated carbocycles. The molecule has 118 valence electrons. The van der Waals surface area contributed by atoms with Crippen LogP contribution in [-0.2, 0) is 4.74 Å². The Bertz CT molecular complexity index is 480. The number of ether oxygens (including phenoxy) is 1. The Kier molecular flexibility index (Phi) is 5.69. The fourth-order valence-corrected chi connectivity index (χ4v) is 3.78. The number of halogens is 1. The first-order valence-electron chi connectivity index (χ1n) is 7.82. The zero-order chi connectivity index (χ0) is 15.5. The van der Waals surface area contributed by atoms with E-state index in [1.807, 2.05) is 7.11 Å². The van der Waals surface area contributed by atoms with Crippen molar-refractivity contribution in [2.24, 2.45) is 0 Å². The largest absolute Gasteiger partial charge is 0.377 e. The normalized spacial score (nSPS) is 24.1. The van der Waals surface area contributed by atoms with Crippen molar-refractivity contribution in [3.63, 3.8) is 0 Å². The molecule has 0 bridgehead atoms. The molecule has 2 unspecified atom stereocenters. The lowest BCUT2D eigenvalue weighted by Crippen LogP contribution is -2.47. The number of benzene rings is 1. The van der Waals surface area contributed by atoms with Crippen LogP contribution >= 0.6 is 15.9 Å². The van der Waals surface area contributed by atoms with Crippen LogP contribution in [0.2, 0.25) is 0 Å². The summed E-state index contributed by atoms with van der Waals surface area (Å²) in [6.45, 7) is 9.58. The Labute approximate surface area is 137 Å². The van der Waals surface area contributed by atoms with Crippen molar-refractivity contribution in [2.75, 3.05) is 31.6 Å². The minimum atomic E-state index is -0.0273. The van der Waals surface area contributed by atoms with Crippen molar-refractivity contribution in [2.45, 2.75) is 45.3 Å². The van der Waals surface area contributed by atoms with Gasteiger partial charge >= 0.3 is 0 Å². The Morgan fingerprint density at radius 3 is 2.86 bits per heavy atom. The number of anilines is 1. The van der Waals surface area contributed by atoms with E-state index in [-0.39, 0.29) is 5.60 Å². The van der Waals surface area contributed by atoms with E-state index in [0.717, 1.165) is 26.1 Å². The molecule has 1 heterocycles. The first kappa shape index (κ1) is 16.8. The van der Waals surface area contributed by atoms with Crippen molar-refractivity contribution in [1.29, 1.82) is 0 Å². The standard InChI is InChI=1S/C17H27BrN2O/c1-5-19-13(2)15-8-7-14(11-16(15)18)20-10-6-9-17(3,12-20)21-4/h7-8,11,13,19H,5-6,9-10,12H2,1-4H3. The predicted molar refractivity (Wildman–Crippen MR) is 93.1 cm³/mol. The summed E-state index contributed by atoms with van der Waals surface area (Å²) < 4.78 is 6.87. The second-order valence-corrected chi connectivity index (χ2v) is 7.02. The highest BCUT2D eigenvalue weighted by Crippen LogP contribution is 2.32. The quantitative estimate of drug-likeness (QED) is 0.860. The van der Waals surface area contributed by atoms with Gasteiger partial charge in [-0.2, -0.15) is 0 Å². The van der Waals surface area contributed by atoms with Gasteiger partial charge in [0.15, 0.2) is 0 Å². The fourth-order valence-electron chi connectivity index (χ4n) is 3.07. The summed E-state index contributed by atoms with van der Waals surface area (Å²) in [6, 6.07) is 7.06. The van der Waals surface area contributed by atoms with E-state index in [4.69, 9.17) is 4.74 Å². The maximum Gasteiger partial charge on any atom is 0.0825 e. The molecular formula is C17H27BrN2O. The van der Waals surface area contributed by atoms with Gasteiger partial charge in [-0.05, 0) is 50.9 Å². The lowest BCUT2D eigenvalue weighted by atomic mass is 9.94. The third-order valence-electron chi connectivity index (χ3n) is 4.48. The van der Waals surface area contributed by atoms with Crippen molar-refractivity contribution in [3.05, 3.63) is 28.2 Å². The van der Waals surface area contributed by atoms with E-state index >= 15 is 0 Å². The third-order valence-corrected chi connectivity index (χ3v) is 5.16. The van der Waals surface area contributed by atoms with Gasteiger partial charge in [-0.3, -0.25) is 0 Å². The molecule has 1 N–H and O–H groups in total. The summed E-state index contributed by atoms with van der Waals surface area (Å²) in [5.74, 6) is 0. The van der Waals surface area contributed by atoms with Crippen molar-refractivity contribution in [1.82, 2.24) is 5.32 Å². The molecular weight excluding hydrogens is 328 g/mol. The minimum absolute atomic E-state index is 0.0273. The van der Waals surface area contributed by atoms with Crippen LogP contribution in [0.3, 0.4) is 0 Å². The summed E-state index contributed by atoms with van der Waals surface area (Å²) in [7, 11) is 1.82. The van der Waals surface area contributed by atoms with Crippen LogP contribution < -0.4 is 10.2 Å². The van der Waals surface area contributed by atoms with Crippen molar-refractivity contribution in [3.8, 4) is 0 Å². The summed E-state index contributed by atoms with van der Waals surface area (Å²) >= 11 is 3.73. The first-order valence-corrected chi connectivity index (χ1v) is 8.61. The van der Waals surface area contributed by atoms with Crippen LogP contribution in [0, 0.1) is 0 Å². The molecule has 2 rings (SSSR count). The number of methoxy groups -OCH3 is 1. The fraction of sp³-hybridized carbons (Fsp3) is 0.647. The molecule has 1 aliphatic heterocycles. The Morgan fingerprint density at radius 2 is 2.24 bits per heavy atom. The molecule has 0 amide bonds. The van der Waals surface area contributed by atoms with Crippen molar-refractivity contribution < 1.29 is 4.74 Å².